The molecule has 0 bridgehead atoms. The first kappa shape index (κ1) is 18.5. The highest BCUT2D eigenvalue weighted by atomic mass is 16.1. The van der Waals surface area contributed by atoms with Crippen molar-refractivity contribution >= 4 is 24.3 Å². The highest BCUT2D eigenvalue weighted by molar-refractivity contribution is 5.36. The van der Waals surface area contributed by atoms with E-state index in [1.165, 1.54) is 24.3 Å². The molecule has 0 saturated heterocycles. The second-order valence-electron chi connectivity index (χ2n) is 4.16. The van der Waals surface area contributed by atoms with E-state index in [9.17, 15) is 19.2 Å². The lowest BCUT2D eigenvalue weighted by Crippen LogP contribution is -2.23. The summed E-state index contributed by atoms with van der Waals surface area (Å²) < 4.78 is 0. The third-order valence-electron chi connectivity index (χ3n) is 2.80. The van der Waals surface area contributed by atoms with Crippen molar-refractivity contribution in [2.45, 2.75) is 44.2 Å². The zero-order chi connectivity index (χ0) is 15.8. The number of hydrogen-bond donors (Lipinski definition) is 0. The van der Waals surface area contributed by atoms with E-state index < -0.39 is 12.1 Å². The van der Waals surface area contributed by atoms with E-state index in [4.69, 9.17) is 0 Å². The lowest BCUT2D eigenvalue weighted by atomic mass is 9.98. The van der Waals surface area contributed by atoms with E-state index in [2.05, 4.69) is 20.0 Å². The Kier molecular flexibility index (Phi) is 12.3. The predicted octanol–water partition coefficient (Wildman–Crippen LogP) is 1.02. The van der Waals surface area contributed by atoms with Gasteiger partial charge in [-0.1, -0.05) is 0 Å². The molecule has 0 amide bonds. The first-order chi connectivity index (χ1) is 10.3. The molecule has 2 atom stereocenters. The van der Waals surface area contributed by atoms with Gasteiger partial charge in [0.2, 0.25) is 24.3 Å². The maximum atomic E-state index is 10.5. The van der Waals surface area contributed by atoms with Crippen molar-refractivity contribution in [1.82, 2.24) is 0 Å². The van der Waals surface area contributed by atoms with Crippen molar-refractivity contribution in [1.29, 1.82) is 0 Å². The summed E-state index contributed by atoms with van der Waals surface area (Å²) in [5.74, 6) is 0. The van der Waals surface area contributed by atoms with Gasteiger partial charge in [-0.25, -0.2) is 39.1 Å². The Hall–Kier alpha value is -2.48. The summed E-state index contributed by atoms with van der Waals surface area (Å²) in [6, 6.07) is -0.982. The van der Waals surface area contributed by atoms with Crippen LogP contribution in [0.1, 0.15) is 32.1 Å². The molecule has 0 aromatic carbocycles. The third-order valence-corrected chi connectivity index (χ3v) is 2.80. The molecule has 112 valence electrons. The van der Waals surface area contributed by atoms with Crippen LogP contribution in [0, 0.1) is 0 Å². The van der Waals surface area contributed by atoms with Crippen LogP contribution in [-0.4, -0.2) is 49.5 Å². The Morgan fingerprint density at radius 3 is 1.57 bits per heavy atom. The normalized spacial score (nSPS) is 11.8. The highest BCUT2D eigenvalue weighted by Gasteiger charge is 2.20. The van der Waals surface area contributed by atoms with E-state index in [0.29, 0.717) is 38.6 Å². The number of isocyanates is 4. The molecule has 0 rings (SSSR count). The molecule has 21 heavy (non-hydrogen) atoms. The fraction of sp³-hybridized carbons (Fsp3) is 0.692. The number of unbranched alkanes of at least 4 members (excludes halogenated alkanes) is 1. The van der Waals surface area contributed by atoms with Crippen LogP contribution in [0.25, 0.3) is 0 Å². The number of carbonyl (C=O) groups excluding carboxylic acids is 4. The largest absolute Gasteiger partial charge is 0.235 e. The van der Waals surface area contributed by atoms with Gasteiger partial charge >= 0.3 is 0 Å². The minimum atomic E-state index is -0.500. The van der Waals surface area contributed by atoms with Gasteiger partial charge < -0.3 is 0 Å². The quantitative estimate of drug-likeness (QED) is 0.303. The van der Waals surface area contributed by atoms with Gasteiger partial charge in [-0.2, -0.15) is 0 Å². The Balaban J connectivity index is 4.50. The zero-order valence-corrected chi connectivity index (χ0v) is 11.5. The number of hydrogen-bond acceptors (Lipinski definition) is 8. The van der Waals surface area contributed by atoms with Gasteiger partial charge in [-0.3, -0.25) is 0 Å². The van der Waals surface area contributed by atoms with Gasteiger partial charge in [0.1, 0.15) is 0 Å². The fourth-order valence-electron chi connectivity index (χ4n) is 1.84. The summed E-state index contributed by atoms with van der Waals surface area (Å²) in [5.41, 5.74) is 0. The van der Waals surface area contributed by atoms with Crippen molar-refractivity contribution < 1.29 is 19.2 Å². The average Bonchev–Trinajstić information content (AvgIpc) is 2.49. The molecule has 0 aliphatic carbocycles. The SMILES string of the molecule is O=C=NCCCCC(N=C=O)C(CCCN=C=O)N=C=O. The Bertz CT molecular complexity index is 482. The minimum absolute atomic E-state index is 0.278. The average molecular weight is 292 g/mol. The molecule has 8 nitrogen and oxygen atoms in total. The van der Waals surface area contributed by atoms with E-state index >= 15 is 0 Å². The molecule has 0 saturated carbocycles. The first-order valence-electron chi connectivity index (χ1n) is 6.51. The summed E-state index contributed by atoms with van der Waals surface area (Å²) in [4.78, 5) is 54.9. The summed E-state index contributed by atoms with van der Waals surface area (Å²) in [6.45, 7) is 0.636. The van der Waals surface area contributed by atoms with Crippen LogP contribution < -0.4 is 0 Å². The van der Waals surface area contributed by atoms with Crippen LogP contribution >= 0.6 is 0 Å². The molecule has 0 radical (unpaired) electrons. The van der Waals surface area contributed by atoms with Gasteiger partial charge in [-0.15, -0.1) is 0 Å². The summed E-state index contributed by atoms with van der Waals surface area (Å²) in [6.07, 6.45) is 8.59. The third kappa shape index (κ3) is 10.0. The second-order valence-corrected chi connectivity index (χ2v) is 4.16. The molecule has 0 fully saturated rings. The molecule has 8 heteroatoms. The molecule has 0 spiro atoms. The topological polar surface area (TPSA) is 118 Å². The van der Waals surface area contributed by atoms with Crippen LogP contribution in [0.5, 0.6) is 0 Å². The van der Waals surface area contributed by atoms with Crippen molar-refractivity contribution in [2.24, 2.45) is 20.0 Å². The zero-order valence-electron chi connectivity index (χ0n) is 11.5. The molecule has 0 aliphatic rings. The summed E-state index contributed by atoms with van der Waals surface area (Å²) in [5, 5.41) is 0. The summed E-state index contributed by atoms with van der Waals surface area (Å²) >= 11 is 0. The monoisotopic (exact) mass is 292 g/mol. The van der Waals surface area contributed by atoms with E-state index in [-0.39, 0.29) is 6.54 Å². The molecule has 0 aliphatic heterocycles. The van der Waals surface area contributed by atoms with Gasteiger partial charge in [0, 0.05) is 0 Å². The smallest absolute Gasteiger partial charge is 0.211 e. The van der Waals surface area contributed by atoms with Gasteiger partial charge in [0.05, 0.1) is 25.2 Å². The Morgan fingerprint density at radius 2 is 1.10 bits per heavy atom. The fourth-order valence-corrected chi connectivity index (χ4v) is 1.84. The standard InChI is InChI=1S/C13H16N4O4/c18-8-14-6-2-1-4-12(16-10-20)13(17-11-21)5-3-7-15-9-19/h12-13H,1-7H2. The van der Waals surface area contributed by atoms with Crippen molar-refractivity contribution in [3.05, 3.63) is 0 Å². The molecular weight excluding hydrogens is 276 g/mol. The van der Waals surface area contributed by atoms with Crippen molar-refractivity contribution in [3.8, 4) is 0 Å². The molecular formula is C13H16N4O4. The Labute approximate surface area is 121 Å². The molecule has 0 aromatic rings. The van der Waals surface area contributed by atoms with Gasteiger partial charge in [0.25, 0.3) is 0 Å². The van der Waals surface area contributed by atoms with Crippen LogP contribution in [0.4, 0.5) is 0 Å². The van der Waals surface area contributed by atoms with Gasteiger partial charge in [0.15, 0.2) is 0 Å². The molecule has 2 unspecified atom stereocenters. The number of rotatable bonds is 12. The van der Waals surface area contributed by atoms with Crippen LogP contribution in [-0.2, 0) is 19.2 Å². The summed E-state index contributed by atoms with van der Waals surface area (Å²) in [7, 11) is 0. The van der Waals surface area contributed by atoms with Crippen molar-refractivity contribution in [3.63, 3.8) is 0 Å². The predicted molar refractivity (Wildman–Crippen MR) is 72.9 cm³/mol. The van der Waals surface area contributed by atoms with Gasteiger partial charge in [-0.05, 0) is 32.1 Å². The minimum Gasteiger partial charge on any atom is -0.211 e. The second kappa shape index (κ2) is 13.9. The van der Waals surface area contributed by atoms with Crippen molar-refractivity contribution in [2.75, 3.05) is 13.1 Å². The number of aliphatic imine (C=N–C) groups is 4. The lowest BCUT2D eigenvalue weighted by molar-refractivity contribution is 0.442. The van der Waals surface area contributed by atoms with Crippen LogP contribution in [0.15, 0.2) is 20.0 Å². The highest BCUT2D eigenvalue weighted by Crippen LogP contribution is 2.16. The van der Waals surface area contributed by atoms with Crippen LogP contribution in [0.3, 0.4) is 0 Å². The maximum Gasteiger partial charge on any atom is 0.235 e. The van der Waals surface area contributed by atoms with E-state index in [1.807, 2.05) is 0 Å². The van der Waals surface area contributed by atoms with Crippen LogP contribution in [0.2, 0.25) is 0 Å². The first-order valence-corrected chi connectivity index (χ1v) is 6.51. The Morgan fingerprint density at radius 1 is 0.619 bits per heavy atom. The molecule has 0 N–H and O–H groups in total. The van der Waals surface area contributed by atoms with E-state index in [0.717, 1.165) is 0 Å². The maximum absolute atomic E-state index is 10.5. The molecule has 0 heterocycles. The lowest BCUT2D eigenvalue weighted by Gasteiger charge is -2.17. The van der Waals surface area contributed by atoms with E-state index in [1.54, 1.807) is 0 Å². The number of nitrogens with zero attached hydrogens (tertiary/aromatic N) is 4. The molecule has 0 aromatic heterocycles.